The Labute approximate surface area is 94.8 Å². The van der Waals surface area contributed by atoms with Gasteiger partial charge < -0.3 is 10.1 Å². The van der Waals surface area contributed by atoms with Gasteiger partial charge in [-0.2, -0.15) is 0 Å². The summed E-state index contributed by atoms with van der Waals surface area (Å²) in [5.41, 5.74) is 0. The monoisotopic (exact) mass is 213 g/mol. The summed E-state index contributed by atoms with van der Waals surface area (Å²) in [6.07, 6.45) is 5.73. The largest absolute Gasteiger partial charge is 0.377 e. The third-order valence-corrected chi connectivity index (χ3v) is 3.65. The lowest BCUT2D eigenvalue weighted by Gasteiger charge is -2.29. The molecular formula is C13H27NO. The van der Waals surface area contributed by atoms with Crippen LogP contribution in [0.25, 0.3) is 0 Å². The number of ether oxygens (including phenoxy) is 1. The molecule has 1 N–H and O–H groups in total. The molecule has 0 radical (unpaired) electrons. The molecule has 0 saturated heterocycles. The number of rotatable bonds is 5. The number of hydrogen-bond acceptors (Lipinski definition) is 2. The van der Waals surface area contributed by atoms with E-state index in [4.69, 9.17) is 4.74 Å². The van der Waals surface area contributed by atoms with E-state index in [0.717, 1.165) is 12.5 Å². The van der Waals surface area contributed by atoms with Crippen molar-refractivity contribution in [1.29, 1.82) is 0 Å². The van der Waals surface area contributed by atoms with Crippen LogP contribution in [0.3, 0.4) is 0 Å². The molecule has 0 spiro atoms. The predicted molar refractivity (Wildman–Crippen MR) is 65.1 cm³/mol. The minimum atomic E-state index is 0.504. The van der Waals surface area contributed by atoms with Crippen molar-refractivity contribution in [3.8, 4) is 0 Å². The molecule has 2 heteroatoms. The molecule has 0 amide bonds. The zero-order valence-electron chi connectivity index (χ0n) is 10.8. The first-order chi connectivity index (χ1) is 7.13. The SMILES string of the molecule is CNC(COC1CCC(C)CC1)C(C)C. The topological polar surface area (TPSA) is 21.3 Å². The van der Waals surface area contributed by atoms with Gasteiger partial charge in [-0.15, -0.1) is 0 Å². The Morgan fingerprint density at radius 2 is 1.80 bits per heavy atom. The standard InChI is InChI=1S/C13H27NO/c1-10(2)13(14-4)9-15-12-7-5-11(3)6-8-12/h10-14H,5-9H2,1-4H3. The van der Waals surface area contributed by atoms with Crippen LogP contribution < -0.4 is 5.32 Å². The van der Waals surface area contributed by atoms with Crippen LogP contribution in [0.1, 0.15) is 46.5 Å². The highest BCUT2D eigenvalue weighted by atomic mass is 16.5. The van der Waals surface area contributed by atoms with E-state index in [1.54, 1.807) is 0 Å². The van der Waals surface area contributed by atoms with Gasteiger partial charge in [0.15, 0.2) is 0 Å². The summed E-state index contributed by atoms with van der Waals surface area (Å²) < 4.78 is 5.98. The van der Waals surface area contributed by atoms with E-state index in [1.165, 1.54) is 25.7 Å². The zero-order chi connectivity index (χ0) is 11.3. The van der Waals surface area contributed by atoms with Crippen molar-refractivity contribution in [3.05, 3.63) is 0 Å². The predicted octanol–water partition coefficient (Wildman–Crippen LogP) is 2.83. The Hall–Kier alpha value is -0.0800. The van der Waals surface area contributed by atoms with Crippen molar-refractivity contribution in [3.63, 3.8) is 0 Å². The van der Waals surface area contributed by atoms with Gasteiger partial charge in [-0.05, 0) is 44.6 Å². The minimum Gasteiger partial charge on any atom is -0.377 e. The van der Waals surface area contributed by atoms with Crippen LogP contribution in [0.15, 0.2) is 0 Å². The van der Waals surface area contributed by atoms with E-state index in [-0.39, 0.29) is 0 Å². The molecule has 0 aliphatic heterocycles. The molecule has 1 unspecified atom stereocenters. The fraction of sp³-hybridized carbons (Fsp3) is 1.00. The molecule has 90 valence electrons. The summed E-state index contributed by atoms with van der Waals surface area (Å²) >= 11 is 0. The van der Waals surface area contributed by atoms with E-state index < -0.39 is 0 Å². The van der Waals surface area contributed by atoms with Crippen LogP contribution in [0.4, 0.5) is 0 Å². The fourth-order valence-electron chi connectivity index (χ4n) is 2.25. The van der Waals surface area contributed by atoms with Gasteiger partial charge in [-0.3, -0.25) is 0 Å². The second-order valence-electron chi connectivity index (χ2n) is 5.35. The summed E-state index contributed by atoms with van der Waals surface area (Å²) in [5, 5.41) is 3.32. The maximum atomic E-state index is 5.98. The quantitative estimate of drug-likeness (QED) is 0.758. The van der Waals surface area contributed by atoms with Gasteiger partial charge in [0.1, 0.15) is 0 Å². The molecule has 1 atom stereocenters. The molecule has 0 heterocycles. The van der Waals surface area contributed by atoms with Crippen molar-refractivity contribution in [2.45, 2.75) is 58.6 Å². The molecule has 2 nitrogen and oxygen atoms in total. The van der Waals surface area contributed by atoms with Gasteiger partial charge in [0.2, 0.25) is 0 Å². The van der Waals surface area contributed by atoms with Crippen molar-refractivity contribution in [1.82, 2.24) is 5.32 Å². The van der Waals surface area contributed by atoms with E-state index in [1.807, 2.05) is 7.05 Å². The van der Waals surface area contributed by atoms with Crippen LogP contribution in [0.5, 0.6) is 0 Å². The third kappa shape index (κ3) is 4.52. The number of likely N-dealkylation sites (N-methyl/N-ethyl adjacent to an activating group) is 1. The van der Waals surface area contributed by atoms with E-state index in [0.29, 0.717) is 18.1 Å². The summed E-state index contributed by atoms with van der Waals surface area (Å²) in [5.74, 6) is 1.56. The highest BCUT2D eigenvalue weighted by Gasteiger charge is 2.20. The average Bonchev–Trinajstić information content (AvgIpc) is 2.21. The van der Waals surface area contributed by atoms with Crippen LogP contribution in [0, 0.1) is 11.8 Å². The smallest absolute Gasteiger partial charge is 0.0625 e. The normalized spacial score (nSPS) is 29.4. The maximum absolute atomic E-state index is 5.98. The second-order valence-corrected chi connectivity index (χ2v) is 5.35. The molecule has 1 rings (SSSR count). The Morgan fingerprint density at radius 1 is 1.20 bits per heavy atom. The first-order valence-corrected chi connectivity index (χ1v) is 6.42. The lowest BCUT2D eigenvalue weighted by Crippen LogP contribution is -2.37. The Kier molecular flexibility index (Phi) is 5.62. The molecule has 1 aliphatic carbocycles. The zero-order valence-corrected chi connectivity index (χ0v) is 10.8. The van der Waals surface area contributed by atoms with Gasteiger partial charge in [0, 0.05) is 6.04 Å². The molecule has 1 fully saturated rings. The lowest BCUT2D eigenvalue weighted by molar-refractivity contribution is 0.00330. The van der Waals surface area contributed by atoms with Crippen LogP contribution in [-0.4, -0.2) is 25.8 Å². The first kappa shape index (κ1) is 13.0. The number of hydrogen-bond donors (Lipinski definition) is 1. The summed E-state index contributed by atoms with van der Waals surface area (Å²) in [4.78, 5) is 0. The van der Waals surface area contributed by atoms with Crippen molar-refractivity contribution < 1.29 is 4.74 Å². The Bertz CT molecular complexity index is 162. The Morgan fingerprint density at radius 3 is 2.27 bits per heavy atom. The van der Waals surface area contributed by atoms with Crippen LogP contribution in [0.2, 0.25) is 0 Å². The molecular weight excluding hydrogens is 186 g/mol. The van der Waals surface area contributed by atoms with E-state index >= 15 is 0 Å². The number of nitrogens with one attached hydrogen (secondary N) is 1. The molecule has 0 aromatic carbocycles. The minimum absolute atomic E-state index is 0.504. The van der Waals surface area contributed by atoms with Crippen molar-refractivity contribution in [2.75, 3.05) is 13.7 Å². The summed E-state index contributed by atoms with van der Waals surface area (Å²) in [6.45, 7) is 7.70. The van der Waals surface area contributed by atoms with Gasteiger partial charge in [0.05, 0.1) is 12.7 Å². The third-order valence-electron chi connectivity index (χ3n) is 3.65. The molecule has 0 aromatic rings. The van der Waals surface area contributed by atoms with Crippen molar-refractivity contribution >= 4 is 0 Å². The molecule has 1 saturated carbocycles. The first-order valence-electron chi connectivity index (χ1n) is 6.42. The molecule has 1 aliphatic rings. The van der Waals surface area contributed by atoms with Gasteiger partial charge in [0.25, 0.3) is 0 Å². The van der Waals surface area contributed by atoms with Gasteiger partial charge >= 0.3 is 0 Å². The van der Waals surface area contributed by atoms with Crippen molar-refractivity contribution in [2.24, 2.45) is 11.8 Å². The molecule has 0 aromatic heterocycles. The molecule has 15 heavy (non-hydrogen) atoms. The summed E-state index contributed by atoms with van der Waals surface area (Å²) in [6, 6.07) is 0.504. The maximum Gasteiger partial charge on any atom is 0.0625 e. The van der Waals surface area contributed by atoms with Gasteiger partial charge in [-0.1, -0.05) is 20.8 Å². The van der Waals surface area contributed by atoms with E-state index in [9.17, 15) is 0 Å². The van der Waals surface area contributed by atoms with Gasteiger partial charge in [-0.25, -0.2) is 0 Å². The fourth-order valence-corrected chi connectivity index (χ4v) is 2.25. The summed E-state index contributed by atoms with van der Waals surface area (Å²) in [7, 11) is 2.02. The van der Waals surface area contributed by atoms with Crippen LogP contribution in [-0.2, 0) is 4.74 Å². The van der Waals surface area contributed by atoms with Crippen LogP contribution >= 0.6 is 0 Å². The second kappa shape index (κ2) is 6.49. The molecule has 0 bridgehead atoms. The average molecular weight is 213 g/mol. The highest BCUT2D eigenvalue weighted by molar-refractivity contribution is 4.73. The highest BCUT2D eigenvalue weighted by Crippen LogP contribution is 2.25. The lowest BCUT2D eigenvalue weighted by atomic mass is 9.89. The Balaban J connectivity index is 2.18. The van der Waals surface area contributed by atoms with E-state index in [2.05, 4.69) is 26.1 Å².